The lowest BCUT2D eigenvalue weighted by atomic mass is 9.83. The number of pyridine rings is 2. The molecule has 1 N–H and O–H groups in total. The van der Waals surface area contributed by atoms with Gasteiger partial charge in [0.1, 0.15) is 11.4 Å². The largest absolute Gasteiger partial charge is 0.396 e. The van der Waals surface area contributed by atoms with E-state index in [1.54, 1.807) is 30.4 Å². The fourth-order valence-corrected chi connectivity index (χ4v) is 5.33. The number of carbonyl (C=O) groups excluding carboxylic acids is 1. The summed E-state index contributed by atoms with van der Waals surface area (Å²) in [4.78, 5) is 33.2. The number of anilines is 1. The van der Waals surface area contributed by atoms with Crippen LogP contribution in [0.2, 0.25) is 5.02 Å². The van der Waals surface area contributed by atoms with Gasteiger partial charge in [-0.2, -0.15) is 0 Å². The molecule has 3 aliphatic rings. The van der Waals surface area contributed by atoms with Crippen LogP contribution in [-0.2, 0) is 11.8 Å². The molecule has 4 atom stereocenters. The molecule has 0 unspecified atom stereocenters. The lowest BCUT2D eigenvalue weighted by molar-refractivity contribution is -0.0627. The number of hydrogen-bond donors (Lipinski definition) is 1. The number of amides is 1. The average molecular weight is 431 g/mol. The third-order valence-corrected chi connectivity index (χ3v) is 6.88. The minimum Gasteiger partial charge on any atom is -0.396 e. The SMILES string of the molecule is Cn1cc(C(=O)N2C[C@@H]3[C@H](CO)[C@H]4CN(c5ccc(Cl)cn5)C[C@]3(C2)O4)ccc1=O. The van der Waals surface area contributed by atoms with Gasteiger partial charge in [-0.3, -0.25) is 9.59 Å². The summed E-state index contributed by atoms with van der Waals surface area (Å²) in [5, 5.41) is 10.7. The molecule has 9 heteroatoms. The molecule has 158 valence electrons. The van der Waals surface area contributed by atoms with E-state index in [0.717, 1.165) is 5.82 Å². The van der Waals surface area contributed by atoms with Crippen molar-refractivity contribution in [3.05, 3.63) is 57.6 Å². The Morgan fingerprint density at radius 1 is 1.30 bits per heavy atom. The van der Waals surface area contributed by atoms with E-state index in [1.807, 2.05) is 12.1 Å². The Balaban J connectivity index is 1.43. The van der Waals surface area contributed by atoms with Gasteiger partial charge < -0.3 is 24.2 Å². The number of halogens is 1. The number of carbonyl (C=O) groups is 1. The molecule has 0 saturated carbocycles. The Labute approximate surface area is 178 Å². The van der Waals surface area contributed by atoms with Gasteiger partial charge in [0, 0.05) is 57.0 Å². The van der Waals surface area contributed by atoms with Gasteiger partial charge in [0.25, 0.3) is 5.91 Å². The number of hydrogen-bond acceptors (Lipinski definition) is 6. The van der Waals surface area contributed by atoms with E-state index in [0.29, 0.717) is 36.8 Å². The van der Waals surface area contributed by atoms with Gasteiger partial charge in [0.15, 0.2) is 0 Å². The van der Waals surface area contributed by atoms with Crippen LogP contribution in [0.3, 0.4) is 0 Å². The summed E-state index contributed by atoms with van der Waals surface area (Å²) in [6.07, 6.45) is 3.08. The lowest BCUT2D eigenvalue weighted by Gasteiger charge is -2.41. The van der Waals surface area contributed by atoms with Gasteiger partial charge in [-0.05, 0) is 18.2 Å². The Morgan fingerprint density at radius 3 is 2.83 bits per heavy atom. The fourth-order valence-electron chi connectivity index (χ4n) is 5.22. The van der Waals surface area contributed by atoms with Crippen LogP contribution in [0.1, 0.15) is 10.4 Å². The average Bonchev–Trinajstić information content (AvgIpc) is 3.17. The van der Waals surface area contributed by atoms with Gasteiger partial charge in [0.05, 0.1) is 29.8 Å². The second-order valence-electron chi connectivity index (χ2n) is 8.44. The first-order chi connectivity index (χ1) is 14.4. The van der Waals surface area contributed by atoms with Crippen molar-refractivity contribution in [2.75, 3.05) is 37.7 Å². The third-order valence-electron chi connectivity index (χ3n) is 6.66. The molecular weight excluding hydrogens is 408 g/mol. The zero-order chi connectivity index (χ0) is 21.0. The first-order valence-electron chi connectivity index (χ1n) is 10.0. The Hall–Kier alpha value is -2.42. The van der Waals surface area contributed by atoms with Crippen LogP contribution in [0.4, 0.5) is 5.82 Å². The highest BCUT2D eigenvalue weighted by Crippen LogP contribution is 2.49. The molecule has 0 aromatic carbocycles. The summed E-state index contributed by atoms with van der Waals surface area (Å²) in [7, 11) is 1.63. The summed E-state index contributed by atoms with van der Waals surface area (Å²) in [5.74, 6) is 0.682. The van der Waals surface area contributed by atoms with Crippen molar-refractivity contribution in [3.8, 4) is 0 Å². The molecule has 3 fully saturated rings. The molecule has 8 nitrogen and oxygen atoms in total. The molecule has 1 spiro atoms. The van der Waals surface area contributed by atoms with E-state index in [9.17, 15) is 14.7 Å². The van der Waals surface area contributed by atoms with Crippen molar-refractivity contribution < 1.29 is 14.6 Å². The number of ether oxygens (including phenoxy) is 1. The summed E-state index contributed by atoms with van der Waals surface area (Å²) >= 11 is 5.98. The highest BCUT2D eigenvalue weighted by molar-refractivity contribution is 6.30. The Bertz CT molecular complexity index is 1040. The number of fused-ring (bicyclic) bond motifs is 1. The monoisotopic (exact) mass is 430 g/mol. The predicted molar refractivity (Wildman–Crippen MR) is 111 cm³/mol. The summed E-state index contributed by atoms with van der Waals surface area (Å²) < 4.78 is 7.85. The number of likely N-dealkylation sites (tertiary alicyclic amines) is 1. The van der Waals surface area contributed by atoms with Crippen molar-refractivity contribution in [2.24, 2.45) is 18.9 Å². The lowest BCUT2D eigenvalue weighted by Crippen LogP contribution is -2.54. The van der Waals surface area contributed by atoms with Crippen molar-refractivity contribution in [1.29, 1.82) is 0 Å². The smallest absolute Gasteiger partial charge is 0.255 e. The Morgan fingerprint density at radius 2 is 2.13 bits per heavy atom. The zero-order valence-electron chi connectivity index (χ0n) is 16.6. The van der Waals surface area contributed by atoms with Crippen LogP contribution in [0, 0.1) is 11.8 Å². The third kappa shape index (κ3) is 3.02. The van der Waals surface area contributed by atoms with Gasteiger partial charge in [0.2, 0.25) is 5.56 Å². The predicted octanol–water partition coefficient (Wildman–Crippen LogP) is 0.772. The van der Waals surface area contributed by atoms with E-state index in [1.165, 1.54) is 10.6 Å². The molecule has 0 radical (unpaired) electrons. The Kier molecular flexibility index (Phi) is 4.61. The number of aliphatic hydroxyl groups excluding tert-OH is 1. The van der Waals surface area contributed by atoms with Crippen LogP contribution in [-0.4, -0.2) is 70.0 Å². The first kappa shape index (κ1) is 19.5. The van der Waals surface area contributed by atoms with Gasteiger partial charge in [-0.25, -0.2) is 4.98 Å². The first-order valence-corrected chi connectivity index (χ1v) is 10.4. The van der Waals surface area contributed by atoms with Crippen LogP contribution in [0.5, 0.6) is 0 Å². The number of nitrogens with zero attached hydrogens (tertiary/aromatic N) is 4. The van der Waals surface area contributed by atoms with E-state index >= 15 is 0 Å². The summed E-state index contributed by atoms with van der Waals surface area (Å²) in [6, 6.07) is 6.66. The number of rotatable bonds is 3. The molecule has 5 heterocycles. The summed E-state index contributed by atoms with van der Waals surface area (Å²) in [6.45, 7) is 2.21. The summed E-state index contributed by atoms with van der Waals surface area (Å²) in [5.41, 5.74) is -0.237. The standard InChI is InChI=1S/C21H23ClN4O4/c1-24-7-13(2-5-19(24)28)20(29)26-8-16-15(10-27)17-9-25(11-21(16,12-26)30-17)18-4-3-14(22)6-23-18/h2-7,15-17,27H,8-12H2,1H3/t15-,16+,17+,21+/m0/s1. The zero-order valence-corrected chi connectivity index (χ0v) is 17.3. The van der Waals surface area contributed by atoms with E-state index in [2.05, 4.69) is 9.88 Å². The highest BCUT2D eigenvalue weighted by atomic mass is 35.5. The maximum absolute atomic E-state index is 13.1. The normalized spacial score (nSPS) is 29.9. The van der Waals surface area contributed by atoms with Gasteiger partial charge >= 0.3 is 0 Å². The number of aliphatic hydroxyl groups is 1. The second kappa shape index (κ2) is 7.08. The molecule has 2 aromatic heterocycles. The number of aromatic nitrogens is 2. The molecule has 3 saturated heterocycles. The maximum Gasteiger partial charge on any atom is 0.255 e. The molecule has 5 rings (SSSR count). The van der Waals surface area contributed by atoms with Crippen molar-refractivity contribution in [2.45, 2.75) is 11.7 Å². The fraction of sp³-hybridized carbons (Fsp3) is 0.476. The molecule has 2 bridgehead atoms. The highest BCUT2D eigenvalue weighted by Gasteiger charge is 2.63. The van der Waals surface area contributed by atoms with E-state index < -0.39 is 5.60 Å². The van der Waals surface area contributed by atoms with E-state index in [4.69, 9.17) is 16.3 Å². The van der Waals surface area contributed by atoms with E-state index in [-0.39, 0.29) is 36.0 Å². The molecule has 1 amide bonds. The molecule has 30 heavy (non-hydrogen) atoms. The topological polar surface area (TPSA) is 87.9 Å². The number of aryl methyl sites for hydroxylation is 1. The maximum atomic E-state index is 13.1. The van der Waals surface area contributed by atoms with Crippen LogP contribution in [0.25, 0.3) is 0 Å². The van der Waals surface area contributed by atoms with Crippen LogP contribution in [0.15, 0.2) is 41.5 Å². The van der Waals surface area contributed by atoms with Crippen molar-refractivity contribution in [1.82, 2.24) is 14.5 Å². The molecule has 3 aliphatic heterocycles. The van der Waals surface area contributed by atoms with Gasteiger partial charge in [-0.15, -0.1) is 0 Å². The van der Waals surface area contributed by atoms with Crippen LogP contribution >= 0.6 is 11.6 Å². The second-order valence-corrected chi connectivity index (χ2v) is 8.88. The minimum atomic E-state index is -0.548. The molecular formula is C21H23ClN4O4. The molecule has 2 aromatic rings. The van der Waals surface area contributed by atoms with Crippen molar-refractivity contribution >= 4 is 23.3 Å². The quantitative estimate of drug-likeness (QED) is 0.774. The van der Waals surface area contributed by atoms with Gasteiger partial charge in [-0.1, -0.05) is 11.6 Å². The molecule has 0 aliphatic carbocycles. The van der Waals surface area contributed by atoms with Crippen molar-refractivity contribution in [3.63, 3.8) is 0 Å². The van der Waals surface area contributed by atoms with Crippen LogP contribution < -0.4 is 10.5 Å². The number of morpholine rings is 1. The minimum absolute atomic E-state index is 0.0147.